The summed E-state index contributed by atoms with van der Waals surface area (Å²) in [5, 5.41) is 0.944. The molecule has 0 N–H and O–H groups in total. The van der Waals surface area contributed by atoms with Gasteiger partial charge in [0.1, 0.15) is 17.6 Å². The topological polar surface area (TPSA) is 40.6 Å². The first kappa shape index (κ1) is 13.5. The van der Waals surface area contributed by atoms with Crippen LogP contribution < -0.4 is 0 Å². The fourth-order valence-corrected chi connectivity index (χ4v) is 2.64. The van der Waals surface area contributed by atoms with Crippen LogP contribution in [0, 0.1) is 0 Å². The van der Waals surface area contributed by atoms with Crippen molar-refractivity contribution in [2.75, 3.05) is 20.8 Å². The van der Waals surface area contributed by atoms with Gasteiger partial charge in [-0.05, 0) is 18.2 Å². The van der Waals surface area contributed by atoms with Crippen molar-refractivity contribution in [2.24, 2.45) is 0 Å². The van der Waals surface area contributed by atoms with E-state index in [4.69, 9.17) is 14.2 Å². The number of pyridine rings is 1. The van der Waals surface area contributed by atoms with Crippen LogP contribution in [0.1, 0.15) is 0 Å². The standard InChI is InChI=1S/C13H17NO3S/c1-15-9-11-10(16-2)6-7-13(17-11)18-12-5-3-4-8-14-12/h3-8,10-11,13H,9H2,1-2H3/t10-,11+,13+/m0/s1. The van der Waals surface area contributed by atoms with Gasteiger partial charge in [-0.3, -0.25) is 0 Å². The molecule has 0 aliphatic carbocycles. The summed E-state index contributed by atoms with van der Waals surface area (Å²) in [6.07, 6.45) is 5.67. The number of hydrogen-bond donors (Lipinski definition) is 0. The lowest BCUT2D eigenvalue weighted by atomic mass is 10.1. The number of hydrogen-bond acceptors (Lipinski definition) is 5. The Bertz CT molecular complexity index is 385. The monoisotopic (exact) mass is 267 g/mol. The normalized spacial score (nSPS) is 27.3. The maximum atomic E-state index is 5.92. The van der Waals surface area contributed by atoms with E-state index in [2.05, 4.69) is 4.98 Å². The molecule has 2 heterocycles. The maximum absolute atomic E-state index is 5.92. The highest BCUT2D eigenvalue weighted by atomic mass is 32.2. The van der Waals surface area contributed by atoms with Gasteiger partial charge in [0.25, 0.3) is 0 Å². The van der Waals surface area contributed by atoms with Gasteiger partial charge in [0.2, 0.25) is 0 Å². The largest absolute Gasteiger partial charge is 0.382 e. The Kier molecular flexibility index (Phi) is 5.19. The highest BCUT2D eigenvalue weighted by Gasteiger charge is 2.27. The van der Waals surface area contributed by atoms with Crippen LogP contribution in [0.5, 0.6) is 0 Å². The van der Waals surface area contributed by atoms with Crippen molar-refractivity contribution < 1.29 is 14.2 Å². The molecular weight excluding hydrogens is 250 g/mol. The van der Waals surface area contributed by atoms with Gasteiger partial charge in [0.05, 0.1) is 11.6 Å². The van der Waals surface area contributed by atoms with E-state index in [1.165, 1.54) is 0 Å². The smallest absolute Gasteiger partial charge is 0.128 e. The Hall–Kier alpha value is -0.880. The summed E-state index contributed by atoms with van der Waals surface area (Å²) in [5.74, 6) is 0. The predicted octanol–water partition coefficient (Wildman–Crippen LogP) is 2.12. The van der Waals surface area contributed by atoms with Crippen LogP contribution in [0.3, 0.4) is 0 Å². The summed E-state index contributed by atoms with van der Waals surface area (Å²) in [5.41, 5.74) is -0.0496. The molecule has 4 nitrogen and oxygen atoms in total. The van der Waals surface area contributed by atoms with Crippen LogP contribution in [-0.4, -0.2) is 43.5 Å². The van der Waals surface area contributed by atoms with Gasteiger partial charge in [-0.2, -0.15) is 0 Å². The molecule has 1 aliphatic heterocycles. The van der Waals surface area contributed by atoms with Crippen LogP contribution in [-0.2, 0) is 14.2 Å². The minimum Gasteiger partial charge on any atom is -0.382 e. The third-order valence-electron chi connectivity index (χ3n) is 2.61. The molecule has 0 aromatic carbocycles. The Morgan fingerprint density at radius 3 is 2.89 bits per heavy atom. The molecule has 1 aromatic rings. The second-order valence-corrected chi connectivity index (χ2v) is 4.99. The van der Waals surface area contributed by atoms with E-state index in [1.807, 2.05) is 30.4 Å². The lowest BCUT2D eigenvalue weighted by Gasteiger charge is -2.30. The first-order chi connectivity index (χ1) is 8.83. The minimum absolute atomic E-state index is 0.0496. The average Bonchev–Trinajstić information content (AvgIpc) is 2.41. The number of ether oxygens (including phenoxy) is 3. The Balaban J connectivity index is 1.99. The van der Waals surface area contributed by atoms with E-state index in [-0.39, 0.29) is 17.6 Å². The average molecular weight is 267 g/mol. The Morgan fingerprint density at radius 1 is 1.33 bits per heavy atom. The molecule has 0 saturated heterocycles. The SMILES string of the molecule is COC[C@H]1O[C@H](Sc2ccccn2)C=C[C@@H]1OC. The molecule has 0 unspecified atom stereocenters. The number of nitrogens with zero attached hydrogens (tertiary/aromatic N) is 1. The molecule has 0 bridgehead atoms. The van der Waals surface area contributed by atoms with Crippen molar-refractivity contribution in [1.29, 1.82) is 0 Å². The van der Waals surface area contributed by atoms with E-state index < -0.39 is 0 Å². The fourth-order valence-electron chi connectivity index (χ4n) is 1.75. The minimum atomic E-state index is -0.0776. The maximum Gasteiger partial charge on any atom is 0.128 e. The number of methoxy groups -OCH3 is 2. The lowest BCUT2D eigenvalue weighted by molar-refractivity contribution is -0.0762. The molecular formula is C13H17NO3S. The van der Waals surface area contributed by atoms with Crippen LogP contribution in [0.25, 0.3) is 0 Å². The van der Waals surface area contributed by atoms with E-state index in [9.17, 15) is 0 Å². The quantitative estimate of drug-likeness (QED) is 0.764. The van der Waals surface area contributed by atoms with E-state index in [1.54, 1.807) is 32.2 Å². The zero-order valence-corrected chi connectivity index (χ0v) is 11.3. The van der Waals surface area contributed by atoms with Gasteiger partial charge in [-0.25, -0.2) is 4.98 Å². The van der Waals surface area contributed by atoms with Gasteiger partial charge in [-0.15, -0.1) is 0 Å². The summed E-state index contributed by atoms with van der Waals surface area (Å²) < 4.78 is 16.4. The third kappa shape index (κ3) is 3.55. The Morgan fingerprint density at radius 2 is 2.22 bits per heavy atom. The molecule has 3 atom stereocenters. The third-order valence-corrected chi connectivity index (χ3v) is 3.59. The van der Waals surface area contributed by atoms with E-state index in [0.29, 0.717) is 6.61 Å². The van der Waals surface area contributed by atoms with Crippen molar-refractivity contribution in [3.05, 3.63) is 36.5 Å². The summed E-state index contributed by atoms with van der Waals surface area (Å²) in [7, 11) is 3.34. The first-order valence-corrected chi connectivity index (χ1v) is 6.64. The van der Waals surface area contributed by atoms with Crippen molar-refractivity contribution in [2.45, 2.75) is 22.7 Å². The van der Waals surface area contributed by atoms with E-state index >= 15 is 0 Å². The second kappa shape index (κ2) is 6.89. The Labute approximate surface area is 111 Å². The van der Waals surface area contributed by atoms with Crippen LogP contribution in [0.4, 0.5) is 0 Å². The molecule has 1 aliphatic rings. The van der Waals surface area contributed by atoms with Gasteiger partial charge in [-0.1, -0.05) is 23.9 Å². The van der Waals surface area contributed by atoms with Crippen LogP contribution >= 0.6 is 11.8 Å². The predicted molar refractivity (Wildman–Crippen MR) is 70.6 cm³/mol. The van der Waals surface area contributed by atoms with E-state index in [0.717, 1.165) is 5.03 Å². The summed E-state index contributed by atoms with van der Waals surface area (Å²) >= 11 is 1.58. The number of rotatable bonds is 5. The van der Waals surface area contributed by atoms with Crippen LogP contribution in [0.2, 0.25) is 0 Å². The van der Waals surface area contributed by atoms with Crippen molar-refractivity contribution in [1.82, 2.24) is 4.98 Å². The van der Waals surface area contributed by atoms with Gasteiger partial charge in [0, 0.05) is 20.4 Å². The van der Waals surface area contributed by atoms with Gasteiger partial charge >= 0.3 is 0 Å². The molecule has 2 rings (SSSR count). The van der Waals surface area contributed by atoms with Gasteiger partial charge in [0.15, 0.2) is 0 Å². The summed E-state index contributed by atoms with van der Waals surface area (Å²) in [4.78, 5) is 4.27. The fraction of sp³-hybridized carbons (Fsp3) is 0.462. The van der Waals surface area contributed by atoms with Crippen molar-refractivity contribution >= 4 is 11.8 Å². The molecule has 0 spiro atoms. The summed E-state index contributed by atoms with van der Waals surface area (Å²) in [6, 6.07) is 5.83. The summed E-state index contributed by atoms with van der Waals surface area (Å²) in [6.45, 7) is 0.516. The molecule has 0 saturated carbocycles. The number of thioether (sulfide) groups is 1. The van der Waals surface area contributed by atoms with Gasteiger partial charge < -0.3 is 14.2 Å². The highest BCUT2D eigenvalue weighted by molar-refractivity contribution is 7.99. The molecule has 0 fully saturated rings. The zero-order valence-electron chi connectivity index (χ0n) is 10.5. The second-order valence-electron chi connectivity index (χ2n) is 3.87. The molecule has 98 valence electrons. The molecule has 5 heteroatoms. The number of aromatic nitrogens is 1. The van der Waals surface area contributed by atoms with Crippen molar-refractivity contribution in [3.63, 3.8) is 0 Å². The molecule has 18 heavy (non-hydrogen) atoms. The lowest BCUT2D eigenvalue weighted by Crippen LogP contribution is -2.38. The highest BCUT2D eigenvalue weighted by Crippen LogP contribution is 2.28. The zero-order chi connectivity index (χ0) is 12.8. The van der Waals surface area contributed by atoms with Crippen LogP contribution in [0.15, 0.2) is 41.6 Å². The first-order valence-electron chi connectivity index (χ1n) is 5.76. The molecule has 0 radical (unpaired) electrons. The molecule has 0 amide bonds. The van der Waals surface area contributed by atoms with Crippen molar-refractivity contribution in [3.8, 4) is 0 Å². The molecule has 1 aromatic heterocycles.